The van der Waals surface area contributed by atoms with Crippen LogP contribution >= 0.6 is 23.2 Å². The van der Waals surface area contributed by atoms with Gasteiger partial charge in [0.1, 0.15) is 29.3 Å². The van der Waals surface area contributed by atoms with Crippen LogP contribution in [0.5, 0.6) is 6.01 Å². The third-order valence-corrected chi connectivity index (χ3v) is 16.7. The summed E-state index contributed by atoms with van der Waals surface area (Å²) in [6.07, 6.45) is 3.05. The van der Waals surface area contributed by atoms with Crippen molar-refractivity contribution < 1.29 is 17.9 Å². The quantitative estimate of drug-likeness (QED) is 0.128. The Hall–Kier alpha value is -3.40. The maximum absolute atomic E-state index is 15.9. The zero-order valence-corrected chi connectivity index (χ0v) is 32.3. The average Bonchev–Trinajstić information content (AvgIpc) is 3.57. The van der Waals surface area contributed by atoms with Gasteiger partial charge in [-0.2, -0.15) is 15.2 Å². The van der Waals surface area contributed by atoms with Crippen LogP contribution in [0, 0.1) is 23.1 Å². The number of alkyl halides is 1. The van der Waals surface area contributed by atoms with E-state index in [1.54, 1.807) is 0 Å². The smallest absolute Gasteiger partial charge is 0.319 e. The first kappa shape index (κ1) is 36.9. The fraction of sp³-hybridized carbons (Fsp3) is 0.487. The Kier molecular flexibility index (Phi) is 10.5. The zero-order chi connectivity index (χ0) is 36.7. The van der Waals surface area contributed by atoms with E-state index >= 15 is 4.39 Å². The number of hydrogen-bond acceptors (Lipinski definition) is 8. The summed E-state index contributed by atoms with van der Waals surface area (Å²) < 4.78 is 44.2. The van der Waals surface area contributed by atoms with Crippen molar-refractivity contribution in [2.45, 2.75) is 82.1 Å². The molecule has 0 spiro atoms. The molecule has 0 N–H and O–H groups in total. The van der Waals surface area contributed by atoms with Crippen molar-refractivity contribution in [3.05, 3.63) is 76.8 Å². The molecule has 2 aromatic heterocycles. The molecule has 4 aromatic rings. The van der Waals surface area contributed by atoms with Crippen molar-refractivity contribution in [3.63, 3.8) is 0 Å². The van der Waals surface area contributed by atoms with Crippen LogP contribution in [-0.4, -0.2) is 78.8 Å². The predicted octanol–water partition coefficient (Wildman–Crippen LogP) is 7.50. The van der Waals surface area contributed by atoms with Gasteiger partial charge in [0.2, 0.25) is 0 Å². The summed E-state index contributed by atoms with van der Waals surface area (Å²) in [6.45, 7) is 8.79. The number of hydrogen-bond donors (Lipinski definition) is 0. The number of nitrogens with zero attached hydrogens (tertiary/aromatic N) is 6. The van der Waals surface area contributed by atoms with Gasteiger partial charge in [0, 0.05) is 25.4 Å². The number of ether oxygens (including phenoxy) is 1. The predicted molar refractivity (Wildman–Crippen MR) is 204 cm³/mol. The summed E-state index contributed by atoms with van der Waals surface area (Å²) in [7, 11) is -2.97. The van der Waals surface area contributed by atoms with E-state index in [0.29, 0.717) is 44.6 Å². The Morgan fingerprint density at radius 3 is 2.33 bits per heavy atom. The van der Waals surface area contributed by atoms with Gasteiger partial charge in [-0.3, -0.25) is 4.90 Å². The highest BCUT2D eigenvalue weighted by Gasteiger charge is 2.51. The molecule has 3 saturated heterocycles. The standard InChI is InChI=1S/C39H44Cl2F2N6O2Si/c1-38(2,3)52(29-13-6-4-7-14-29,30-15-8-5-9-16-30)51-24-28-20-26(22-44)12-10-19-49(28)36-31-33(32(43)35(41)46-34(31)40)45-37(47-36)50-25-39-17-11-18-48(39)23-27(42)21-39/h4-9,13-16,26-28H,10-12,17-21,23-25H2,1-3H3/t26-,27-,28+,39+/m1/s1. The van der Waals surface area contributed by atoms with E-state index in [2.05, 4.69) is 70.9 Å². The molecule has 5 heterocycles. The topological polar surface area (TPSA) is 87.4 Å². The Morgan fingerprint density at radius 2 is 1.67 bits per heavy atom. The van der Waals surface area contributed by atoms with E-state index in [4.69, 9.17) is 37.3 Å². The van der Waals surface area contributed by atoms with Crippen LogP contribution in [0.1, 0.15) is 59.3 Å². The van der Waals surface area contributed by atoms with Gasteiger partial charge in [-0.1, -0.05) is 105 Å². The lowest BCUT2D eigenvalue weighted by Gasteiger charge is -2.44. The Morgan fingerprint density at radius 1 is 0.981 bits per heavy atom. The number of nitriles is 1. The van der Waals surface area contributed by atoms with E-state index < -0.39 is 31.0 Å². The fourth-order valence-corrected chi connectivity index (χ4v) is 13.9. The van der Waals surface area contributed by atoms with Crippen LogP contribution in [0.25, 0.3) is 10.9 Å². The molecule has 3 fully saturated rings. The molecule has 52 heavy (non-hydrogen) atoms. The molecule has 8 nitrogen and oxygen atoms in total. The molecule has 0 saturated carbocycles. The SMILES string of the molecule is CC(C)(C)[Si](OC[C@@H]1C[C@H](C#N)CCCN1c1nc(OC[C@@]23CCCN2C[C@H](F)C3)nc2c(F)c(Cl)nc(Cl)c12)(c1ccccc1)c1ccccc1. The molecule has 0 unspecified atom stereocenters. The molecule has 0 radical (unpaired) electrons. The number of fused-ring (bicyclic) bond motifs is 2. The number of aromatic nitrogens is 3. The highest BCUT2D eigenvalue weighted by atomic mass is 35.5. The molecule has 0 amide bonds. The third-order valence-electron chi connectivity index (χ3n) is 11.2. The molecule has 7 rings (SSSR count). The summed E-state index contributed by atoms with van der Waals surface area (Å²) in [4.78, 5) is 17.7. The van der Waals surface area contributed by atoms with Crippen molar-refractivity contribution >= 4 is 58.6 Å². The first-order valence-electron chi connectivity index (χ1n) is 18.1. The van der Waals surface area contributed by atoms with E-state index in [1.807, 2.05) is 36.4 Å². The molecule has 2 aromatic carbocycles. The van der Waals surface area contributed by atoms with E-state index in [9.17, 15) is 9.65 Å². The number of rotatable bonds is 9. The van der Waals surface area contributed by atoms with Crippen LogP contribution in [0.15, 0.2) is 60.7 Å². The largest absolute Gasteiger partial charge is 0.461 e. The second kappa shape index (κ2) is 14.8. The van der Waals surface area contributed by atoms with Crippen LogP contribution in [0.4, 0.5) is 14.6 Å². The lowest BCUT2D eigenvalue weighted by atomic mass is 9.95. The van der Waals surface area contributed by atoms with Crippen molar-refractivity contribution in [1.82, 2.24) is 19.9 Å². The molecule has 4 atom stereocenters. The molecule has 3 aliphatic rings. The van der Waals surface area contributed by atoms with E-state index in [0.717, 1.165) is 29.8 Å². The van der Waals surface area contributed by atoms with Crippen molar-refractivity contribution in [1.29, 1.82) is 5.26 Å². The number of benzene rings is 2. The maximum atomic E-state index is 15.9. The monoisotopic (exact) mass is 764 g/mol. The lowest BCUT2D eigenvalue weighted by molar-refractivity contribution is 0.107. The Labute approximate surface area is 315 Å². The van der Waals surface area contributed by atoms with Crippen LogP contribution in [0.3, 0.4) is 0 Å². The van der Waals surface area contributed by atoms with Gasteiger partial charge >= 0.3 is 6.01 Å². The Bertz CT molecular complexity index is 1910. The minimum absolute atomic E-state index is 0.0349. The second-order valence-electron chi connectivity index (χ2n) is 15.5. The lowest BCUT2D eigenvalue weighted by Crippen LogP contribution is -2.67. The average molecular weight is 766 g/mol. The van der Waals surface area contributed by atoms with Crippen molar-refractivity contribution in [2.24, 2.45) is 5.92 Å². The maximum Gasteiger partial charge on any atom is 0.319 e. The van der Waals surface area contributed by atoms with Gasteiger partial charge in [0.05, 0.1) is 29.6 Å². The summed E-state index contributed by atoms with van der Waals surface area (Å²) in [5.41, 5.74) is -0.563. The first-order chi connectivity index (χ1) is 25.0. The van der Waals surface area contributed by atoms with Gasteiger partial charge in [-0.25, -0.2) is 13.8 Å². The highest BCUT2D eigenvalue weighted by molar-refractivity contribution is 6.99. The zero-order valence-electron chi connectivity index (χ0n) is 29.8. The minimum atomic E-state index is -2.97. The number of halogens is 4. The van der Waals surface area contributed by atoms with Gasteiger partial charge in [-0.05, 0) is 54.1 Å². The molecule has 0 bridgehead atoms. The molecule has 274 valence electrons. The van der Waals surface area contributed by atoms with Gasteiger partial charge in [0.25, 0.3) is 8.32 Å². The fourth-order valence-electron chi connectivity index (χ4n) is 8.79. The van der Waals surface area contributed by atoms with Crippen LogP contribution in [-0.2, 0) is 4.43 Å². The molecule has 3 aliphatic heterocycles. The van der Waals surface area contributed by atoms with E-state index in [-0.39, 0.29) is 52.3 Å². The van der Waals surface area contributed by atoms with Crippen LogP contribution in [0.2, 0.25) is 15.3 Å². The van der Waals surface area contributed by atoms with Gasteiger partial charge in [0.15, 0.2) is 11.0 Å². The number of anilines is 1. The Balaban J connectivity index is 1.32. The van der Waals surface area contributed by atoms with Gasteiger partial charge < -0.3 is 14.1 Å². The minimum Gasteiger partial charge on any atom is -0.461 e. The van der Waals surface area contributed by atoms with Crippen LogP contribution < -0.4 is 20.0 Å². The third kappa shape index (κ3) is 6.77. The number of pyridine rings is 1. The summed E-state index contributed by atoms with van der Waals surface area (Å²) in [5, 5.41) is 12.0. The highest BCUT2D eigenvalue weighted by Crippen LogP contribution is 2.42. The molecular weight excluding hydrogens is 721 g/mol. The van der Waals surface area contributed by atoms with E-state index in [1.165, 1.54) is 0 Å². The summed E-state index contributed by atoms with van der Waals surface area (Å²) >= 11 is 13.0. The molecule has 13 heteroatoms. The van der Waals surface area contributed by atoms with Crippen molar-refractivity contribution in [3.8, 4) is 12.1 Å². The second-order valence-corrected chi connectivity index (χ2v) is 20.5. The molecule has 0 aliphatic carbocycles. The van der Waals surface area contributed by atoms with Gasteiger partial charge in [-0.15, -0.1) is 0 Å². The van der Waals surface area contributed by atoms with Crippen molar-refractivity contribution in [2.75, 3.05) is 37.7 Å². The molecular formula is C39H44Cl2F2N6O2Si. The summed E-state index contributed by atoms with van der Waals surface area (Å²) in [6, 6.07) is 22.9. The summed E-state index contributed by atoms with van der Waals surface area (Å²) in [5.74, 6) is -0.715. The normalized spacial score (nSPS) is 24.1. The first-order valence-corrected chi connectivity index (χ1v) is 20.8.